The summed E-state index contributed by atoms with van der Waals surface area (Å²) in [7, 11) is 0. The molecule has 3 nitrogen and oxygen atoms in total. The van der Waals surface area contributed by atoms with Crippen LogP contribution in [0.25, 0.3) is 0 Å². The van der Waals surface area contributed by atoms with Gasteiger partial charge in [0.25, 0.3) is 0 Å². The minimum absolute atomic E-state index is 0.0629. The third-order valence-electron chi connectivity index (χ3n) is 8.59. The van der Waals surface area contributed by atoms with Crippen molar-refractivity contribution in [2.45, 2.75) is 84.7 Å². The molecule has 0 amide bonds. The lowest BCUT2D eigenvalue weighted by molar-refractivity contribution is -0.166. The Kier molecular flexibility index (Phi) is 3.85. The molecule has 4 rings (SSSR count). The minimum Gasteiger partial charge on any atom is -0.462 e. The van der Waals surface area contributed by atoms with Gasteiger partial charge in [0.15, 0.2) is 0 Å². The second kappa shape index (κ2) is 5.57. The van der Waals surface area contributed by atoms with E-state index in [0.717, 1.165) is 32.1 Å². The number of rotatable bonds is 1. The maximum atomic E-state index is 13.0. The van der Waals surface area contributed by atoms with E-state index < -0.39 is 0 Å². The van der Waals surface area contributed by atoms with Crippen LogP contribution in [0.5, 0.6) is 0 Å². The summed E-state index contributed by atoms with van der Waals surface area (Å²) in [6, 6.07) is 0. The summed E-state index contributed by atoms with van der Waals surface area (Å²) in [4.78, 5) is 24.5. The van der Waals surface area contributed by atoms with E-state index in [1.54, 1.807) is 0 Å². The highest BCUT2D eigenvalue weighted by molar-refractivity contribution is 5.83. The molecule has 4 fully saturated rings. The fourth-order valence-electron chi connectivity index (χ4n) is 7.44. The normalized spacial score (nSPS) is 50.6. The van der Waals surface area contributed by atoms with Crippen molar-refractivity contribution in [3.63, 3.8) is 0 Å². The maximum Gasteiger partial charge on any atom is 0.302 e. The van der Waals surface area contributed by atoms with E-state index in [1.807, 2.05) is 0 Å². The van der Waals surface area contributed by atoms with E-state index in [-0.39, 0.29) is 22.9 Å². The molecule has 7 atom stereocenters. The van der Waals surface area contributed by atoms with Gasteiger partial charge in [-0.05, 0) is 61.7 Å². The molecule has 0 unspecified atom stereocenters. The van der Waals surface area contributed by atoms with E-state index in [0.29, 0.717) is 29.5 Å². The first kappa shape index (κ1) is 16.6. The van der Waals surface area contributed by atoms with Gasteiger partial charge in [-0.1, -0.05) is 26.7 Å². The van der Waals surface area contributed by atoms with Crippen molar-refractivity contribution in [3.05, 3.63) is 0 Å². The Morgan fingerprint density at radius 1 is 1.00 bits per heavy atom. The third kappa shape index (κ3) is 2.22. The van der Waals surface area contributed by atoms with Gasteiger partial charge in [0.05, 0.1) is 0 Å². The quantitative estimate of drug-likeness (QED) is 0.663. The summed E-state index contributed by atoms with van der Waals surface area (Å²) in [5.41, 5.74) is 0.323. The van der Waals surface area contributed by atoms with Crippen LogP contribution in [0, 0.1) is 34.5 Å². The van der Waals surface area contributed by atoms with E-state index in [9.17, 15) is 9.59 Å². The molecule has 4 aliphatic carbocycles. The van der Waals surface area contributed by atoms with Gasteiger partial charge in [-0.25, -0.2) is 0 Å². The van der Waals surface area contributed by atoms with Crippen molar-refractivity contribution >= 4 is 11.8 Å². The van der Waals surface area contributed by atoms with Gasteiger partial charge in [0.2, 0.25) is 0 Å². The summed E-state index contributed by atoms with van der Waals surface area (Å²) in [6.45, 7) is 6.28. The summed E-state index contributed by atoms with van der Waals surface area (Å²) in [6.07, 6.45) is 10.2. The summed E-state index contributed by atoms with van der Waals surface area (Å²) >= 11 is 0. The van der Waals surface area contributed by atoms with Crippen LogP contribution in [0.3, 0.4) is 0 Å². The fraction of sp³-hybridized carbons (Fsp3) is 0.905. The van der Waals surface area contributed by atoms with Gasteiger partial charge >= 0.3 is 5.97 Å². The zero-order valence-corrected chi connectivity index (χ0v) is 15.5. The zero-order chi connectivity index (χ0) is 17.1. The highest BCUT2D eigenvalue weighted by Gasteiger charge is 2.62. The predicted octanol–water partition coefficient (Wildman–Crippen LogP) is 4.53. The molecule has 0 heterocycles. The van der Waals surface area contributed by atoms with Gasteiger partial charge in [-0.3, -0.25) is 9.59 Å². The number of esters is 1. The number of fused-ring (bicyclic) bond motifs is 5. The van der Waals surface area contributed by atoms with Crippen molar-refractivity contribution in [1.29, 1.82) is 0 Å². The smallest absolute Gasteiger partial charge is 0.302 e. The molecule has 0 saturated heterocycles. The van der Waals surface area contributed by atoms with Gasteiger partial charge in [0, 0.05) is 24.7 Å². The molecule has 0 radical (unpaired) electrons. The number of Topliss-reactive ketones (excluding diaryl/α,β-unsaturated/α-hetero) is 1. The van der Waals surface area contributed by atoms with E-state index >= 15 is 0 Å². The average Bonchev–Trinajstić information content (AvgIpc) is 2.84. The number of ketones is 1. The van der Waals surface area contributed by atoms with Gasteiger partial charge in [-0.15, -0.1) is 0 Å². The summed E-state index contributed by atoms with van der Waals surface area (Å²) in [5.74, 6) is 2.50. The lowest BCUT2D eigenvalue weighted by Gasteiger charge is -2.59. The van der Waals surface area contributed by atoms with Crippen LogP contribution in [0.4, 0.5) is 0 Å². The molecule has 0 aromatic carbocycles. The molecule has 0 N–H and O–H groups in total. The van der Waals surface area contributed by atoms with Gasteiger partial charge < -0.3 is 4.74 Å². The molecule has 3 heteroatoms. The van der Waals surface area contributed by atoms with E-state index in [2.05, 4.69) is 13.8 Å². The highest BCUT2D eigenvalue weighted by atomic mass is 16.5. The Bertz CT molecular complexity index is 555. The Morgan fingerprint density at radius 2 is 1.75 bits per heavy atom. The van der Waals surface area contributed by atoms with Crippen molar-refractivity contribution in [3.8, 4) is 0 Å². The van der Waals surface area contributed by atoms with Crippen molar-refractivity contribution < 1.29 is 14.3 Å². The summed E-state index contributed by atoms with van der Waals surface area (Å²) in [5, 5.41) is 0. The topological polar surface area (TPSA) is 43.4 Å². The molecule has 0 aromatic rings. The Hall–Kier alpha value is -0.860. The molecular formula is C21H32O3. The number of carbonyl (C=O) groups excluding carboxylic acids is 2. The Labute approximate surface area is 145 Å². The van der Waals surface area contributed by atoms with Crippen LogP contribution in [0.2, 0.25) is 0 Å². The monoisotopic (exact) mass is 332 g/mol. The molecule has 24 heavy (non-hydrogen) atoms. The van der Waals surface area contributed by atoms with Crippen LogP contribution in [-0.4, -0.2) is 17.9 Å². The van der Waals surface area contributed by atoms with Gasteiger partial charge in [0.1, 0.15) is 11.9 Å². The van der Waals surface area contributed by atoms with E-state index in [4.69, 9.17) is 4.74 Å². The van der Waals surface area contributed by atoms with Crippen molar-refractivity contribution in [1.82, 2.24) is 0 Å². The van der Waals surface area contributed by atoms with Gasteiger partial charge in [-0.2, -0.15) is 0 Å². The lowest BCUT2D eigenvalue weighted by atomic mass is 9.45. The number of hydrogen-bond donors (Lipinski definition) is 0. The van der Waals surface area contributed by atoms with Crippen molar-refractivity contribution in [2.24, 2.45) is 34.5 Å². The first-order valence-corrected chi connectivity index (χ1v) is 10.1. The first-order valence-electron chi connectivity index (χ1n) is 10.1. The second-order valence-electron chi connectivity index (χ2n) is 9.57. The Morgan fingerprint density at radius 3 is 2.50 bits per heavy atom. The molecule has 0 aromatic heterocycles. The zero-order valence-electron chi connectivity index (χ0n) is 15.5. The molecule has 0 bridgehead atoms. The van der Waals surface area contributed by atoms with Crippen LogP contribution >= 0.6 is 0 Å². The fourth-order valence-corrected chi connectivity index (χ4v) is 7.44. The minimum atomic E-state index is -0.150. The van der Waals surface area contributed by atoms with Crippen LogP contribution in [-0.2, 0) is 14.3 Å². The molecule has 4 saturated carbocycles. The molecule has 0 spiro atoms. The van der Waals surface area contributed by atoms with Crippen molar-refractivity contribution in [2.75, 3.05) is 0 Å². The number of carbonyl (C=O) groups is 2. The maximum absolute atomic E-state index is 13.0. The predicted molar refractivity (Wildman–Crippen MR) is 92.3 cm³/mol. The number of hydrogen-bond acceptors (Lipinski definition) is 3. The van der Waals surface area contributed by atoms with Crippen LogP contribution in [0.1, 0.15) is 78.6 Å². The second-order valence-corrected chi connectivity index (χ2v) is 9.57. The highest BCUT2D eigenvalue weighted by Crippen LogP contribution is 2.65. The molecule has 0 aliphatic heterocycles. The SMILES string of the molecule is CC(=O)O[C@@H]1CC[C@@H]2[C@@H]3CC(=O)[C@H]4CCCC[C@]4(C)[C@H]3CC[C@@]21C. The first-order chi connectivity index (χ1) is 11.4. The largest absolute Gasteiger partial charge is 0.462 e. The van der Waals surface area contributed by atoms with Crippen LogP contribution < -0.4 is 0 Å². The van der Waals surface area contributed by atoms with Crippen LogP contribution in [0.15, 0.2) is 0 Å². The summed E-state index contributed by atoms with van der Waals surface area (Å²) < 4.78 is 5.70. The van der Waals surface area contributed by atoms with E-state index in [1.165, 1.54) is 32.6 Å². The average molecular weight is 332 g/mol. The third-order valence-corrected chi connectivity index (χ3v) is 8.59. The molecule has 134 valence electrons. The molecule has 4 aliphatic rings. The standard InChI is InChI=1S/C21H32O3/c1-13(22)24-19-8-7-15-14-12-18(23)17-6-4-5-10-20(17,2)16(14)9-11-21(15,19)3/h14-17,19H,4-12H2,1-3H3/t14-,15+,16-,17+,19+,20+,21-/m0/s1. The Balaban J connectivity index is 1.63. The number of ether oxygens (including phenoxy) is 1. The molecular weight excluding hydrogens is 300 g/mol. The lowest BCUT2D eigenvalue weighted by Crippen LogP contribution is -2.56.